The highest BCUT2D eigenvalue weighted by molar-refractivity contribution is 7.34. The number of hydrogen-bond acceptors (Lipinski definition) is 4. The van der Waals surface area contributed by atoms with Crippen molar-refractivity contribution in [1.82, 2.24) is 0 Å². The Balaban J connectivity index is 1.98. The van der Waals surface area contributed by atoms with E-state index in [0.29, 0.717) is 0 Å². The molecule has 0 N–H and O–H groups in total. The van der Waals surface area contributed by atoms with E-state index in [-0.39, 0.29) is 5.82 Å². The van der Waals surface area contributed by atoms with Crippen LogP contribution in [0.15, 0.2) is 22.9 Å². The van der Waals surface area contributed by atoms with E-state index < -0.39 is 0 Å². The third-order valence-electron chi connectivity index (χ3n) is 3.49. The molecule has 18 heavy (non-hydrogen) atoms. The average molecular weight is 300 g/mol. The van der Waals surface area contributed by atoms with Crippen molar-refractivity contribution in [2.75, 3.05) is 0 Å². The van der Waals surface area contributed by atoms with Crippen LogP contribution in [0.4, 0.5) is 0 Å². The summed E-state index contributed by atoms with van der Waals surface area (Å²) in [6.45, 7) is 0. The largest absolute Gasteiger partial charge is 0.143 e. The van der Waals surface area contributed by atoms with Crippen molar-refractivity contribution < 1.29 is 0 Å². The quantitative estimate of drug-likeness (QED) is 0.377. The molecule has 0 spiro atoms. The predicted octanol–water partition coefficient (Wildman–Crippen LogP) is 5.48. The molecule has 1 aliphatic carbocycles. The Morgan fingerprint density at radius 1 is 0.833 bits per heavy atom. The molecule has 0 atom stereocenters. The van der Waals surface area contributed by atoms with Crippen LogP contribution in [0.1, 0.15) is 16.9 Å². The van der Waals surface area contributed by atoms with Gasteiger partial charge in [-0.2, -0.15) is 0 Å². The van der Waals surface area contributed by atoms with Crippen LogP contribution >= 0.6 is 45.3 Å². The monoisotopic (exact) mass is 300 g/mol. The molecule has 5 heteroatoms. The van der Waals surface area contributed by atoms with E-state index in [9.17, 15) is 0 Å². The summed E-state index contributed by atoms with van der Waals surface area (Å²) in [4.78, 5) is 2.85. The molecule has 0 bridgehead atoms. The zero-order valence-corrected chi connectivity index (χ0v) is 12.4. The lowest BCUT2D eigenvalue weighted by Crippen LogP contribution is -1.92. The fraction of sp³-hybridized carbons (Fsp3) is 0.0769. The second-order valence-electron chi connectivity index (χ2n) is 4.40. The summed E-state index contributed by atoms with van der Waals surface area (Å²) in [5.41, 5.74) is 2.75. The second-order valence-corrected chi connectivity index (χ2v) is 8.33. The number of fused-ring (bicyclic) bond motifs is 7. The lowest BCUT2D eigenvalue weighted by atomic mass is 9.80. The Hall–Kier alpha value is -0.615. The van der Waals surface area contributed by atoms with Crippen molar-refractivity contribution in [2.24, 2.45) is 0 Å². The van der Waals surface area contributed by atoms with Crippen LogP contribution in [0.2, 0.25) is 0 Å². The van der Waals surface area contributed by atoms with Gasteiger partial charge in [0.1, 0.15) is 0 Å². The maximum Gasteiger partial charge on any atom is 0.0830 e. The van der Waals surface area contributed by atoms with Crippen molar-refractivity contribution in [2.45, 2.75) is 5.82 Å². The Bertz CT molecular complexity index is 829. The van der Waals surface area contributed by atoms with E-state index in [1.54, 1.807) is 0 Å². The van der Waals surface area contributed by atoms with Gasteiger partial charge in [-0.3, -0.25) is 0 Å². The molecular weight excluding hydrogens is 295 g/mol. The molecule has 1 aliphatic rings. The maximum atomic E-state index is 6.52. The van der Waals surface area contributed by atoms with Crippen molar-refractivity contribution in [1.29, 1.82) is 0 Å². The normalized spacial score (nSPS) is 14.7. The topological polar surface area (TPSA) is 0 Å². The Labute approximate surface area is 121 Å². The SMILES string of the molecule is [B]C1c2c(sc3ccsc23)-c2sc3ccsc3c21. The van der Waals surface area contributed by atoms with Gasteiger partial charge in [0.2, 0.25) is 0 Å². The molecule has 0 fully saturated rings. The lowest BCUT2D eigenvalue weighted by Gasteiger charge is -2.03. The Morgan fingerprint density at radius 2 is 1.33 bits per heavy atom. The fourth-order valence-electron chi connectivity index (χ4n) is 2.73. The summed E-state index contributed by atoms with van der Waals surface area (Å²) in [6, 6.07) is 4.43. The number of rotatable bonds is 0. The van der Waals surface area contributed by atoms with Gasteiger partial charge in [-0.05, 0) is 39.8 Å². The third-order valence-corrected chi connectivity index (χ3v) is 8.15. The van der Waals surface area contributed by atoms with Gasteiger partial charge >= 0.3 is 0 Å². The van der Waals surface area contributed by atoms with Gasteiger partial charge < -0.3 is 0 Å². The minimum Gasteiger partial charge on any atom is -0.143 e. The molecule has 0 aromatic carbocycles. The molecule has 5 rings (SSSR count). The highest BCUT2D eigenvalue weighted by Crippen LogP contribution is 2.58. The van der Waals surface area contributed by atoms with Crippen LogP contribution in [0, 0.1) is 0 Å². The van der Waals surface area contributed by atoms with Crippen molar-refractivity contribution in [3.8, 4) is 9.75 Å². The van der Waals surface area contributed by atoms with E-state index in [1.807, 2.05) is 45.3 Å². The molecular formula is C13H5BS4. The molecule has 0 unspecified atom stereocenters. The molecule has 4 heterocycles. The molecule has 0 nitrogen and oxygen atoms in total. The summed E-state index contributed by atoms with van der Waals surface area (Å²) in [6.07, 6.45) is 0. The summed E-state index contributed by atoms with van der Waals surface area (Å²) >= 11 is 7.45. The van der Waals surface area contributed by atoms with Crippen LogP contribution in [0.25, 0.3) is 28.6 Å². The van der Waals surface area contributed by atoms with E-state index >= 15 is 0 Å². The molecule has 2 radical (unpaired) electrons. The average Bonchev–Trinajstić information content (AvgIpc) is 3.05. The highest BCUT2D eigenvalue weighted by Gasteiger charge is 2.33. The van der Waals surface area contributed by atoms with E-state index in [2.05, 4.69) is 22.9 Å². The van der Waals surface area contributed by atoms with E-state index in [0.717, 1.165) is 0 Å². The molecule has 0 saturated heterocycles. The van der Waals surface area contributed by atoms with Gasteiger partial charge in [0.25, 0.3) is 0 Å². The number of thiophene rings is 4. The second kappa shape index (κ2) is 3.28. The maximum absolute atomic E-state index is 6.52. The molecule has 0 saturated carbocycles. The van der Waals surface area contributed by atoms with Crippen LogP contribution in [-0.4, -0.2) is 7.85 Å². The van der Waals surface area contributed by atoms with E-state index in [4.69, 9.17) is 7.85 Å². The molecule has 0 amide bonds. The first-order chi connectivity index (χ1) is 8.84. The fourth-order valence-corrected chi connectivity index (χ4v) is 7.78. The van der Waals surface area contributed by atoms with Crippen molar-refractivity contribution in [3.63, 3.8) is 0 Å². The Morgan fingerprint density at radius 3 is 1.83 bits per heavy atom. The minimum atomic E-state index is 0.0785. The number of hydrogen-bond donors (Lipinski definition) is 0. The van der Waals surface area contributed by atoms with Gasteiger partial charge in [-0.15, -0.1) is 45.3 Å². The van der Waals surface area contributed by atoms with Crippen LogP contribution < -0.4 is 0 Å². The first-order valence-corrected chi connectivity index (χ1v) is 8.99. The Kier molecular flexibility index (Phi) is 1.86. The van der Waals surface area contributed by atoms with Crippen molar-refractivity contribution in [3.05, 3.63) is 34.0 Å². The zero-order chi connectivity index (χ0) is 11.9. The molecule has 0 aliphatic heterocycles. The lowest BCUT2D eigenvalue weighted by molar-refractivity contribution is 1.26. The van der Waals surface area contributed by atoms with Crippen LogP contribution in [0.3, 0.4) is 0 Å². The molecule has 4 aromatic rings. The standard InChI is InChI=1S/C13H5BS4/c14-9-7-10-5(1-3-15-10)17-12(7)13-8(9)11-6(18-13)2-4-16-11/h1-4,9H. The summed E-state index contributed by atoms with van der Waals surface area (Å²) < 4.78 is 5.58. The molecule has 4 aromatic heterocycles. The smallest absolute Gasteiger partial charge is 0.0830 e. The summed E-state index contributed by atoms with van der Waals surface area (Å²) in [7, 11) is 6.52. The van der Waals surface area contributed by atoms with Crippen molar-refractivity contribution >= 4 is 72.0 Å². The van der Waals surface area contributed by atoms with Gasteiger partial charge in [0.05, 0.1) is 7.85 Å². The third kappa shape index (κ3) is 1.04. The summed E-state index contributed by atoms with van der Waals surface area (Å²) in [5.74, 6) is 0.0785. The van der Waals surface area contributed by atoms with Gasteiger partial charge in [-0.1, -0.05) is 0 Å². The highest BCUT2D eigenvalue weighted by atomic mass is 32.1. The van der Waals surface area contributed by atoms with Crippen LogP contribution in [-0.2, 0) is 0 Å². The molecule has 84 valence electrons. The van der Waals surface area contributed by atoms with Gasteiger partial charge in [-0.25, -0.2) is 0 Å². The predicted molar refractivity (Wildman–Crippen MR) is 86.0 cm³/mol. The first kappa shape index (κ1) is 10.2. The van der Waals surface area contributed by atoms with E-state index in [1.165, 1.54) is 39.7 Å². The zero-order valence-electron chi connectivity index (χ0n) is 9.10. The summed E-state index contributed by atoms with van der Waals surface area (Å²) in [5, 5.41) is 4.34. The van der Waals surface area contributed by atoms with Gasteiger partial charge in [0.15, 0.2) is 0 Å². The first-order valence-electron chi connectivity index (χ1n) is 5.60. The van der Waals surface area contributed by atoms with Crippen LogP contribution in [0.5, 0.6) is 0 Å². The minimum absolute atomic E-state index is 0.0785. The van der Waals surface area contributed by atoms with Gasteiger partial charge in [0, 0.05) is 28.6 Å².